The van der Waals surface area contributed by atoms with Crippen LogP contribution in [0.25, 0.3) is 0 Å². The molecule has 68 valence electrons. The van der Waals surface area contributed by atoms with Gasteiger partial charge >= 0.3 is 0 Å². The third-order valence-electron chi connectivity index (χ3n) is 1.29. The molecule has 0 aliphatic heterocycles. The quantitative estimate of drug-likeness (QED) is 0.627. The number of hydrogen-bond donors (Lipinski definition) is 1. The first-order valence-electron chi connectivity index (χ1n) is 3.88. The van der Waals surface area contributed by atoms with E-state index in [-0.39, 0.29) is 5.56 Å². The summed E-state index contributed by atoms with van der Waals surface area (Å²) in [5, 5.41) is 0. The van der Waals surface area contributed by atoms with Crippen LogP contribution in [-0.4, -0.2) is 9.55 Å². The number of rotatable bonds is 0. The van der Waals surface area contributed by atoms with Crippen molar-refractivity contribution in [3.63, 3.8) is 0 Å². The average molecular weight is 186 g/mol. The zero-order valence-electron chi connectivity index (χ0n) is 7.84. The van der Waals surface area contributed by atoms with Gasteiger partial charge in [-0.2, -0.15) is 0 Å². The standard InChI is InChI=1S/C6H8N2OS.C2H6/c1-4-3-8(2)6(10)7-5(4)9;1-2/h3H,1-2H3,(H,7,9,10);1-2H3. The van der Waals surface area contributed by atoms with Crippen molar-refractivity contribution < 1.29 is 0 Å². The number of aryl methyl sites for hydroxylation is 2. The maximum absolute atomic E-state index is 10.9. The molecule has 0 fully saturated rings. The molecule has 1 aromatic rings. The molecule has 1 rings (SSSR count). The van der Waals surface area contributed by atoms with Crippen LogP contribution in [0.3, 0.4) is 0 Å². The van der Waals surface area contributed by atoms with E-state index >= 15 is 0 Å². The summed E-state index contributed by atoms with van der Waals surface area (Å²) in [7, 11) is 1.80. The number of aromatic nitrogens is 2. The van der Waals surface area contributed by atoms with Crippen LogP contribution in [-0.2, 0) is 7.05 Å². The average Bonchev–Trinajstić information content (AvgIpc) is 2.05. The summed E-state index contributed by atoms with van der Waals surface area (Å²) in [4.78, 5) is 13.4. The minimum absolute atomic E-state index is 0.108. The van der Waals surface area contributed by atoms with E-state index in [1.807, 2.05) is 13.8 Å². The summed E-state index contributed by atoms with van der Waals surface area (Å²) >= 11 is 4.81. The Hall–Kier alpha value is -0.900. The summed E-state index contributed by atoms with van der Waals surface area (Å²) in [6.07, 6.45) is 1.71. The van der Waals surface area contributed by atoms with Gasteiger partial charge in [0.25, 0.3) is 5.56 Å². The van der Waals surface area contributed by atoms with Crippen LogP contribution in [0, 0.1) is 11.7 Å². The minimum atomic E-state index is -0.108. The van der Waals surface area contributed by atoms with Gasteiger partial charge in [0.1, 0.15) is 0 Å². The molecule has 0 amide bonds. The minimum Gasteiger partial charge on any atom is -0.328 e. The monoisotopic (exact) mass is 186 g/mol. The summed E-state index contributed by atoms with van der Waals surface area (Å²) < 4.78 is 2.15. The lowest BCUT2D eigenvalue weighted by Crippen LogP contribution is -2.13. The lowest BCUT2D eigenvalue weighted by molar-refractivity contribution is 0.820. The molecule has 0 atom stereocenters. The molecule has 0 aromatic carbocycles. The smallest absolute Gasteiger partial charge is 0.254 e. The molecule has 3 nitrogen and oxygen atoms in total. The highest BCUT2D eigenvalue weighted by Crippen LogP contribution is 1.85. The predicted molar refractivity (Wildman–Crippen MR) is 53.0 cm³/mol. The first-order chi connectivity index (χ1) is 5.61. The normalized spacial score (nSPS) is 8.67. The summed E-state index contributed by atoms with van der Waals surface area (Å²) in [5.41, 5.74) is 0.569. The molecule has 0 spiro atoms. The van der Waals surface area contributed by atoms with Gasteiger partial charge in [0, 0.05) is 18.8 Å². The summed E-state index contributed by atoms with van der Waals surface area (Å²) in [5.74, 6) is 0. The lowest BCUT2D eigenvalue weighted by atomic mass is 10.4. The van der Waals surface area contributed by atoms with Gasteiger partial charge < -0.3 is 4.57 Å². The number of H-pyrrole nitrogens is 1. The zero-order valence-corrected chi connectivity index (χ0v) is 8.66. The summed E-state index contributed by atoms with van der Waals surface area (Å²) in [6, 6.07) is 0. The van der Waals surface area contributed by atoms with Crippen LogP contribution in [0.2, 0.25) is 0 Å². The maximum Gasteiger partial charge on any atom is 0.254 e. The van der Waals surface area contributed by atoms with Crippen LogP contribution in [0.5, 0.6) is 0 Å². The Labute approximate surface area is 77.1 Å². The topological polar surface area (TPSA) is 37.8 Å². The fourth-order valence-electron chi connectivity index (χ4n) is 0.692. The highest BCUT2D eigenvalue weighted by Gasteiger charge is 1.91. The van der Waals surface area contributed by atoms with Crippen molar-refractivity contribution in [2.75, 3.05) is 0 Å². The summed E-state index contributed by atoms with van der Waals surface area (Å²) in [6.45, 7) is 5.74. The first kappa shape index (κ1) is 11.1. The largest absolute Gasteiger partial charge is 0.328 e. The molecule has 1 aromatic heterocycles. The molecular weight excluding hydrogens is 172 g/mol. The molecule has 1 heterocycles. The maximum atomic E-state index is 10.9. The highest BCUT2D eigenvalue weighted by atomic mass is 32.1. The Balaban J connectivity index is 0.000000561. The number of aromatic amines is 1. The SMILES string of the molecule is CC.Cc1cn(C)c(=S)[nH]c1=O. The Bertz CT molecular complexity index is 320. The first-order valence-corrected chi connectivity index (χ1v) is 4.28. The fraction of sp³-hybridized carbons (Fsp3) is 0.500. The van der Waals surface area contributed by atoms with Gasteiger partial charge in [-0.3, -0.25) is 9.78 Å². The second-order valence-corrected chi connectivity index (χ2v) is 2.57. The van der Waals surface area contributed by atoms with Gasteiger partial charge in [-0.1, -0.05) is 13.8 Å². The molecule has 0 unspecified atom stereocenters. The Morgan fingerprint density at radius 1 is 1.50 bits per heavy atom. The molecule has 0 saturated carbocycles. The third-order valence-corrected chi connectivity index (χ3v) is 1.68. The van der Waals surface area contributed by atoms with Crippen molar-refractivity contribution in [2.24, 2.45) is 7.05 Å². The van der Waals surface area contributed by atoms with Crippen LogP contribution < -0.4 is 5.56 Å². The van der Waals surface area contributed by atoms with Crippen molar-refractivity contribution in [1.82, 2.24) is 9.55 Å². The Morgan fingerprint density at radius 2 is 2.00 bits per heavy atom. The highest BCUT2D eigenvalue weighted by molar-refractivity contribution is 7.71. The predicted octanol–water partition coefficient (Wildman–Crippen LogP) is 1.78. The second-order valence-electron chi connectivity index (χ2n) is 2.18. The van der Waals surface area contributed by atoms with Gasteiger partial charge in [-0.25, -0.2) is 0 Å². The molecule has 4 heteroatoms. The van der Waals surface area contributed by atoms with E-state index < -0.39 is 0 Å². The van der Waals surface area contributed by atoms with E-state index in [9.17, 15) is 4.79 Å². The number of nitrogens with zero attached hydrogens (tertiary/aromatic N) is 1. The van der Waals surface area contributed by atoms with Crippen LogP contribution >= 0.6 is 12.2 Å². The molecule has 0 aliphatic rings. The van der Waals surface area contributed by atoms with Crippen molar-refractivity contribution in [3.05, 3.63) is 26.9 Å². The van der Waals surface area contributed by atoms with Gasteiger partial charge in [-0.05, 0) is 19.1 Å². The zero-order chi connectivity index (χ0) is 9.72. The molecule has 0 bridgehead atoms. The van der Waals surface area contributed by atoms with E-state index in [4.69, 9.17) is 12.2 Å². The van der Waals surface area contributed by atoms with Crippen molar-refractivity contribution >= 4 is 12.2 Å². The molecular formula is C8H14N2OS. The molecule has 12 heavy (non-hydrogen) atoms. The van der Waals surface area contributed by atoms with E-state index in [2.05, 4.69) is 4.98 Å². The second kappa shape index (κ2) is 4.87. The van der Waals surface area contributed by atoms with E-state index in [0.29, 0.717) is 10.3 Å². The van der Waals surface area contributed by atoms with Gasteiger partial charge in [0.15, 0.2) is 4.77 Å². The van der Waals surface area contributed by atoms with Crippen molar-refractivity contribution in [1.29, 1.82) is 0 Å². The third kappa shape index (κ3) is 2.62. The van der Waals surface area contributed by atoms with E-state index in [1.54, 1.807) is 24.7 Å². The molecule has 0 saturated heterocycles. The number of nitrogens with one attached hydrogen (secondary N) is 1. The Kier molecular flexibility index (Phi) is 4.51. The van der Waals surface area contributed by atoms with Crippen molar-refractivity contribution in [2.45, 2.75) is 20.8 Å². The number of hydrogen-bond acceptors (Lipinski definition) is 2. The van der Waals surface area contributed by atoms with Crippen LogP contribution in [0.1, 0.15) is 19.4 Å². The molecule has 0 aliphatic carbocycles. The van der Waals surface area contributed by atoms with Gasteiger partial charge in [0.05, 0.1) is 0 Å². The fourth-order valence-corrected chi connectivity index (χ4v) is 0.837. The van der Waals surface area contributed by atoms with Crippen LogP contribution in [0.4, 0.5) is 0 Å². The van der Waals surface area contributed by atoms with Gasteiger partial charge in [-0.15, -0.1) is 0 Å². The Morgan fingerprint density at radius 3 is 2.42 bits per heavy atom. The lowest BCUT2D eigenvalue weighted by Gasteiger charge is -1.97. The van der Waals surface area contributed by atoms with Gasteiger partial charge in [0.2, 0.25) is 0 Å². The van der Waals surface area contributed by atoms with E-state index in [1.165, 1.54) is 0 Å². The van der Waals surface area contributed by atoms with Crippen molar-refractivity contribution in [3.8, 4) is 0 Å². The molecule has 0 radical (unpaired) electrons. The van der Waals surface area contributed by atoms with Crippen LogP contribution in [0.15, 0.2) is 11.0 Å². The molecule has 1 N–H and O–H groups in total. The van der Waals surface area contributed by atoms with E-state index in [0.717, 1.165) is 0 Å².